The summed E-state index contributed by atoms with van der Waals surface area (Å²) in [5.41, 5.74) is 4.47. The maximum absolute atomic E-state index is 12.2. The van der Waals surface area contributed by atoms with Crippen molar-refractivity contribution in [3.05, 3.63) is 53.6 Å². The van der Waals surface area contributed by atoms with E-state index in [0.717, 1.165) is 34.7 Å². The number of hydrogen-bond donors (Lipinski definition) is 0. The van der Waals surface area contributed by atoms with Crippen molar-refractivity contribution in [1.82, 2.24) is 0 Å². The van der Waals surface area contributed by atoms with Crippen molar-refractivity contribution in [3.8, 4) is 17.2 Å². The van der Waals surface area contributed by atoms with Crippen LogP contribution in [-0.2, 0) is 16.1 Å². The smallest absolute Gasteiger partial charge is 0.258 e. The quantitative estimate of drug-likeness (QED) is 0.129. The van der Waals surface area contributed by atoms with Crippen LogP contribution in [0.1, 0.15) is 107 Å². The van der Waals surface area contributed by atoms with Gasteiger partial charge in [-0.3, -0.25) is 0 Å². The summed E-state index contributed by atoms with van der Waals surface area (Å²) in [5.74, 6) is 2.09. The molecule has 0 fully saturated rings. The van der Waals surface area contributed by atoms with Gasteiger partial charge in [-0.15, -0.1) is 0 Å². The fraction of sp³-hybridized carbons (Fsp3) is 0.639. The first kappa shape index (κ1) is 37.1. The van der Waals surface area contributed by atoms with Crippen molar-refractivity contribution in [2.24, 2.45) is 5.92 Å². The Hall–Kier alpha value is -2.10. The third kappa shape index (κ3) is 8.34. The van der Waals surface area contributed by atoms with Crippen LogP contribution in [0.4, 0.5) is 0 Å². The highest BCUT2D eigenvalue weighted by molar-refractivity contribution is 6.78. The van der Waals surface area contributed by atoms with Gasteiger partial charge >= 0.3 is 0 Å². The van der Waals surface area contributed by atoms with Gasteiger partial charge in [-0.05, 0) is 68.6 Å². The SMILES string of the molecule is COc1ccc(CO[C@H](c2cc(O[Si](C(C)C)(C(C)C)C(C)C)cc(O[Si](C(C)C)(C(C)C)C(C)C)c2)[C@H](C)C=O)cc1. The second kappa shape index (κ2) is 15.8. The molecule has 0 saturated heterocycles. The molecule has 0 radical (unpaired) electrons. The Morgan fingerprint density at radius 1 is 0.605 bits per heavy atom. The molecule has 5 nitrogen and oxygen atoms in total. The summed E-state index contributed by atoms with van der Waals surface area (Å²) in [4.78, 5) is 12.2. The minimum absolute atomic E-state index is 0.356. The summed E-state index contributed by atoms with van der Waals surface area (Å²) < 4.78 is 26.3. The Morgan fingerprint density at radius 2 is 1.00 bits per heavy atom. The molecule has 2 atom stereocenters. The van der Waals surface area contributed by atoms with Gasteiger partial charge < -0.3 is 23.1 Å². The van der Waals surface area contributed by atoms with E-state index in [0.29, 0.717) is 39.9 Å². The van der Waals surface area contributed by atoms with E-state index >= 15 is 0 Å². The average Bonchev–Trinajstić information content (AvgIpc) is 2.93. The van der Waals surface area contributed by atoms with E-state index in [9.17, 15) is 4.79 Å². The minimum atomic E-state index is -2.26. The molecule has 0 saturated carbocycles. The molecule has 0 unspecified atom stereocenters. The monoisotopic (exact) mass is 628 g/mol. The van der Waals surface area contributed by atoms with Crippen LogP contribution in [0.15, 0.2) is 42.5 Å². The maximum atomic E-state index is 12.2. The van der Waals surface area contributed by atoms with E-state index in [-0.39, 0.29) is 5.92 Å². The summed E-state index contributed by atoms with van der Waals surface area (Å²) in [7, 11) is -2.85. The van der Waals surface area contributed by atoms with Gasteiger partial charge in [-0.25, -0.2) is 0 Å². The number of ether oxygens (including phenoxy) is 2. The molecule has 0 aliphatic carbocycles. The largest absolute Gasteiger partial charge is 0.543 e. The lowest BCUT2D eigenvalue weighted by Crippen LogP contribution is -2.51. The van der Waals surface area contributed by atoms with Crippen LogP contribution < -0.4 is 13.6 Å². The first-order valence-corrected chi connectivity index (χ1v) is 20.6. The number of methoxy groups -OCH3 is 1. The lowest BCUT2D eigenvalue weighted by molar-refractivity contribution is -0.116. The van der Waals surface area contributed by atoms with Gasteiger partial charge in [-0.2, -0.15) is 0 Å². The Morgan fingerprint density at radius 3 is 1.33 bits per heavy atom. The van der Waals surface area contributed by atoms with E-state index < -0.39 is 22.7 Å². The van der Waals surface area contributed by atoms with E-state index in [1.54, 1.807) is 7.11 Å². The van der Waals surface area contributed by atoms with Crippen LogP contribution >= 0.6 is 0 Å². The fourth-order valence-corrected chi connectivity index (χ4v) is 18.0. The van der Waals surface area contributed by atoms with E-state index in [1.165, 1.54) is 0 Å². The summed E-state index contributed by atoms with van der Waals surface area (Å²) in [5, 5.41) is 0. The Kier molecular flexibility index (Phi) is 13.6. The van der Waals surface area contributed by atoms with Gasteiger partial charge in [0.1, 0.15) is 23.5 Å². The zero-order valence-electron chi connectivity index (χ0n) is 29.5. The third-order valence-electron chi connectivity index (χ3n) is 9.52. The maximum Gasteiger partial charge on any atom is 0.258 e. The Balaban J connectivity index is 2.73. The predicted octanol–water partition coefficient (Wildman–Crippen LogP) is 10.9. The molecule has 0 N–H and O–H groups in total. The van der Waals surface area contributed by atoms with E-state index in [4.69, 9.17) is 18.3 Å². The highest BCUT2D eigenvalue weighted by atomic mass is 28.4. The summed E-state index contributed by atoms with van der Waals surface area (Å²) in [6.07, 6.45) is 0.532. The van der Waals surface area contributed by atoms with Crippen molar-refractivity contribution < 1.29 is 23.1 Å². The number of carbonyl (C=O) groups is 1. The first-order chi connectivity index (χ1) is 20.1. The van der Waals surface area contributed by atoms with Gasteiger partial charge in [0.05, 0.1) is 19.8 Å². The number of hydrogen-bond acceptors (Lipinski definition) is 5. The summed E-state index contributed by atoms with van der Waals surface area (Å²) in [6, 6.07) is 14.2. The molecule has 43 heavy (non-hydrogen) atoms. The zero-order valence-corrected chi connectivity index (χ0v) is 31.5. The van der Waals surface area contributed by atoms with Crippen LogP contribution in [0.3, 0.4) is 0 Å². The van der Waals surface area contributed by atoms with Crippen LogP contribution in [0.25, 0.3) is 0 Å². The van der Waals surface area contributed by atoms with Gasteiger partial charge in [0.25, 0.3) is 16.6 Å². The summed E-state index contributed by atoms with van der Waals surface area (Å²) in [6.45, 7) is 29.9. The molecule has 0 heterocycles. The fourth-order valence-electron chi connectivity index (χ4n) is 7.52. The number of carbonyl (C=O) groups excluding carboxylic acids is 1. The summed E-state index contributed by atoms with van der Waals surface area (Å²) >= 11 is 0. The van der Waals surface area contributed by atoms with Gasteiger partial charge in [-0.1, -0.05) is 102 Å². The normalized spacial score (nSPS) is 14.2. The topological polar surface area (TPSA) is 54.0 Å². The van der Waals surface area contributed by atoms with Crippen molar-refractivity contribution in [1.29, 1.82) is 0 Å². The molecule has 2 aromatic carbocycles. The molecule has 2 rings (SSSR count). The minimum Gasteiger partial charge on any atom is -0.543 e. The number of aldehydes is 1. The van der Waals surface area contributed by atoms with Gasteiger partial charge in [0, 0.05) is 12.0 Å². The molecule has 0 amide bonds. The Bertz CT molecular complexity index is 1050. The van der Waals surface area contributed by atoms with Crippen molar-refractivity contribution >= 4 is 22.9 Å². The van der Waals surface area contributed by atoms with E-state index in [2.05, 4.69) is 101 Å². The third-order valence-corrected chi connectivity index (χ3v) is 21.5. The standard InChI is InChI=1S/C36H60O5Si2/c1-24(2)42(25(3)4,26(5)6)40-34-19-32(20-35(21-34)41-43(27(7)8,28(9)10)29(11)12)36(30(13)22-37)39-23-31-15-17-33(38-14)18-16-31/h15-22,24-30,36H,23H2,1-14H3/t30-,36+/m1/s1. The second-order valence-electron chi connectivity index (χ2n) is 14.2. The molecule has 2 aromatic rings. The van der Waals surface area contributed by atoms with Crippen LogP contribution in [0.5, 0.6) is 17.2 Å². The molecule has 7 heteroatoms. The van der Waals surface area contributed by atoms with Crippen LogP contribution in [0.2, 0.25) is 33.2 Å². The Labute approximate surface area is 265 Å². The predicted molar refractivity (Wildman–Crippen MR) is 186 cm³/mol. The molecular weight excluding hydrogens is 569 g/mol. The van der Waals surface area contributed by atoms with Gasteiger partial charge in [0.2, 0.25) is 0 Å². The molecule has 0 aromatic heterocycles. The highest BCUT2D eigenvalue weighted by Gasteiger charge is 2.48. The molecule has 0 aliphatic heterocycles. The number of benzene rings is 2. The lowest BCUT2D eigenvalue weighted by Gasteiger charge is -2.43. The highest BCUT2D eigenvalue weighted by Crippen LogP contribution is 2.47. The lowest BCUT2D eigenvalue weighted by atomic mass is 9.98. The van der Waals surface area contributed by atoms with Crippen molar-refractivity contribution in [3.63, 3.8) is 0 Å². The zero-order chi connectivity index (χ0) is 32.7. The molecule has 0 bridgehead atoms. The van der Waals surface area contributed by atoms with E-state index in [1.807, 2.05) is 31.2 Å². The molecular formula is C36H60O5Si2. The number of rotatable bonds is 17. The second-order valence-corrected chi connectivity index (χ2v) is 24.9. The molecule has 0 spiro atoms. The first-order valence-electron chi connectivity index (χ1n) is 16.3. The molecule has 0 aliphatic rings. The van der Waals surface area contributed by atoms with Crippen LogP contribution in [-0.4, -0.2) is 30.0 Å². The van der Waals surface area contributed by atoms with Crippen molar-refractivity contribution in [2.45, 2.75) is 136 Å². The van der Waals surface area contributed by atoms with Crippen LogP contribution in [0, 0.1) is 5.92 Å². The average molecular weight is 629 g/mol. The van der Waals surface area contributed by atoms with Crippen molar-refractivity contribution in [2.75, 3.05) is 7.11 Å². The van der Waals surface area contributed by atoms with Gasteiger partial charge in [0.15, 0.2) is 0 Å². The molecule has 242 valence electrons.